The first-order valence-corrected chi connectivity index (χ1v) is 5.74. The molecule has 1 aromatic rings. The molecule has 1 rings (SSSR count). The highest BCUT2D eigenvalue weighted by Gasteiger charge is 2.17. The molecule has 1 heterocycles. The summed E-state index contributed by atoms with van der Waals surface area (Å²) in [5, 5.41) is 2.83. The maximum atomic E-state index is 11.7. The van der Waals surface area contributed by atoms with Crippen LogP contribution in [0, 0.1) is 0 Å². The number of hydrogen-bond acceptors (Lipinski definition) is 3. The summed E-state index contributed by atoms with van der Waals surface area (Å²) < 4.78 is 5.20. The molecule has 2 atom stereocenters. The van der Waals surface area contributed by atoms with E-state index in [1.165, 1.54) is 0 Å². The van der Waals surface area contributed by atoms with Gasteiger partial charge >= 0.3 is 0 Å². The average Bonchev–Trinajstić information content (AvgIpc) is 2.79. The van der Waals surface area contributed by atoms with E-state index in [9.17, 15) is 4.79 Å². The summed E-state index contributed by atoms with van der Waals surface area (Å²) in [6.07, 6.45) is 4.35. The molecule has 16 heavy (non-hydrogen) atoms. The lowest BCUT2D eigenvalue weighted by Gasteiger charge is -2.15. The first-order chi connectivity index (χ1) is 7.65. The van der Waals surface area contributed by atoms with Crippen LogP contribution in [0.5, 0.6) is 0 Å². The topological polar surface area (TPSA) is 68.3 Å². The van der Waals surface area contributed by atoms with Crippen LogP contribution in [0.3, 0.4) is 0 Å². The Morgan fingerprint density at radius 2 is 2.38 bits per heavy atom. The Morgan fingerprint density at radius 3 is 2.94 bits per heavy atom. The second kappa shape index (κ2) is 6.33. The number of rotatable bonds is 6. The van der Waals surface area contributed by atoms with Crippen LogP contribution in [-0.2, 0) is 4.79 Å². The Morgan fingerprint density at radius 1 is 1.62 bits per heavy atom. The first-order valence-electron chi connectivity index (χ1n) is 5.74. The summed E-state index contributed by atoms with van der Waals surface area (Å²) in [5.74, 6) is 0.633. The summed E-state index contributed by atoms with van der Waals surface area (Å²) in [4.78, 5) is 11.7. The summed E-state index contributed by atoms with van der Waals surface area (Å²) in [5.41, 5.74) is 5.76. The molecule has 4 nitrogen and oxygen atoms in total. The lowest BCUT2D eigenvalue weighted by atomic mass is 10.1. The fourth-order valence-corrected chi connectivity index (χ4v) is 1.48. The molecule has 0 aromatic carbocycles. The minimum atomic E-state index is -0.419. The van der Waals surface area contributed by atoms with Crippen molar-refractivity contribution < 1.29 is 9.21 Å². The van der Waals surface area contributed by atoms with Gasteiger partial charge in [0.05, 0.1) is 18.3 Å². The van der Waals surface area contributed by atoms with E-state index in [1.807, 2.05) is 13.0 Å². The minimum Gasteiger partial charge on any atom is -0.467 e. The molecule has 90 valence electrons. The zero-order valence-corrected chi connectivity index (χ0v) is 9.90. The molecular formula is C12H20N2O2. The number of carbonyl (C=O) groups excluding carboxylic acids is 1. The van der Waals surface area contributed by atoms with Crippen molar-refractivity contribution in [2.75, 3.05) is 0 Å². The monoisotopic (exact) mass is 224 g/mol. The largest absolute Gasteiger partial charge is 0.467 e. The molecular weight excluding hydrogens is 204 g/mol. The van der Waals surface area contributed by atoms with E-state index < -0.39 is 6.04 Å². The van der Waals surface area contributed by atoms with Gasteiger partial charge in [0.15, 0.2) is 0 Å². The van der Waals surface area contributed by atoms with Gasteiger partial charge in [0, 0.05) is 0 Å². The van der Waals surface area contributed by atoms with Gasteiger partial charge in [-0.3, -0.25) is 4.79 Å². The van der Waals surface area contributed by atoms with E-state index >= 15 is 0 Å². The summed E-state index contributed by atoms with van der Waals surface area (Å²) >= 11 is 0. The maximum absolute atomic E-state index is 11.7. The molecule has 1 unspecified atom stereocenters. The number of nitrogens with two attached hydrogens (primary N) is 1. The molecule has 0 aliphatic heterocycles. The number of furan rings is 1. The van der Waals surface area contributed by atoms with Crippen molar-refractivity contribution in [3.8, 4) is 0 Å². The van der Waals surface area contributed by atoms with E-state index in [0.717, 1.165) is 25.0 Å². The van der Waals surface area contributed by atoms with Gasteiger partial charge in [0.1, 0.15) is 5.76 Å². The molecule has 1 aromatic heterocycles. The predicted molar refractivity (Wildman–Crippen MR) is 62.8 cm³/mol. The number of amides is 1. The normalized spacial score (nSPS) is 14.4. The molecule has 0 radical (unpaired) electrons. The van der Waals surface area contributed by atoms with Crippen LogP contribution in [-0.4, -0.2) is 11.9 Å². The molecule has 0 spiro atoms. The van der Waals surface area contributed by atoms with Gasteiger partial charge in [0.25, 0.3) is 0 Å². The van der Waals surface area contributed by atoms with Crippen molar-refractivity contribution >= 4 is 5.91 Å². The number of hydrogen-bond donors (Lipinski definition) is 2. The van der Waals surface area contributed by atoms with Crippen molar-refractivity contribution in [1.82, 2.24) is 5.32 Å². The van der Waals surface area contributed by atoms with Gasteiger partial charge in [-0.05, 0) is 25.5 Å². The molecule has 0 saturated heterocycles. The average molecular weight is 224 g/mol. The third-order valence-corrected chi connectivity index (χ3v) is 2.53. The molecule has 4 heteroatoms. The van der Waals surface area contributed by atoms with Crippen LogP contribution in [0.1, 0.15) is 44.9 Å². The quantitative estimate of drug-likeness (QED) is 0.776. The van der Waals surface area contributed by atoms with Crippen molar-refractivity contribution in [2.45, 2.75) is 45.2 Å². The molecule has 0 aliphatic rings. The van der Waals surface area contributed by atoms with Crippen LogP contribution >= 0.6 is 0 Å². The van der Waals surface area contributed by atoms with Crippen molar-refractivity contribution in [1.29, 1.82) is 0 Å². The molecule has 1 amide bonds. The standard InChI is InChI=1S/C12H20N2O2/c1-3-4-6-10(13)12(15)14-9(2)11-7-5-8-16-11/h5,7-10H,3-4,6,13H2,1-2H3,(H,14,15)/t9-,10?/m1/s1. The lowest BCUT2D eigenvalue weighted by Crippen LogP contribution is -2.41. The molecule has 0 aliphatic carbocycles. The highest BCUT2D eigenvalue weighted by atomic mass is 16.3. The van der Waals surface area contributed by atoms with Crippen molar-refractivity contribution in [2.24, 2.45) is 5.73 Å². The number of nitrogens with one attached hydrogen (secondary N) is 1. The molecule has 0 saturated carbocycles. The Balaban J connectivity index is 2.39. The zero-order valence-electron chi connectivity index (χ0n) is 9.90. The van der Waals surface area contributed by atoms with E-state index in [-0.39, 0.29) is 11.9 Å². The Labute approximate surface area is 96.2 Å². The highest BCUT2D eigenvalue weighted by Crippen LogP contribution is 2.12. The molecule has 0 bridgehead atoms. The fraction of sp³-hybridized carbons (Fsp3) is 0.583. The van der Waals surface area contributed by atoms with Gasteiger partial charge in [-0.2, -0.15) is 0 Å². The second-order valence-electron chi connectivity index (χ2n) is 3.99. The van der Waals surface area contributed by atoms with Gasteiger partial charge in [0.2, 0.25) is 5.91 Å². The van der Waals surface area contributed by atoms with Crippen LogP contribution in [0.25, 0.3) is 0 Å². The maximum Gasteiger partial charge on any atom is 0.237 e. The minimum absolute atomic E-state index is 0.114. The van der Waals surface area contributed by atoms with Gasteiger partial charge in [-0.15, -0.1) is 0 Å². The zero-order chi connectivity index (χ0) is 12.0. The van der Waals surface area contributed by atoms with Crippen LogP contribution in [0.4, 0.5) is 0 Å². The van der Waals surface area contributed by atoms with E-state index in [4.69, 9.17) is 10.2 Å². The molecule has 3 N–H and O–H groups in total. The van der Waals surface area contributed by atoms with Gasteiger partial charge in [-0.25, -0.2) is 0 Å². The smallest absolute Gasteiger partial charge is 0.237 e. The number of carbonyl (C=O) groups is 1. The second-order valence-corrected chi connectivity index (χ2v) is 3.99. The lowest BCUT2D eigenvalue weighted by molar-refractivity contribution is -0.123. The third kappa shape index (κ3) is 3.70. The number of unbranched alkanes of at least 4 members (excludes halogenated alkanes) is 1. The predicted octanol–water partition coefficient (Wildman–Crippen LogP) is 1.97. The third-order valence-electron chi connectivity index (χ3n) is 2.53. The van der Waals surface area contributed by atoms with Crippen LogP contribution in [0.15, 0.2) is 22.8 Å². The highest BCUT2D eigenvalue weighted by molar-refractivity contribution is 5.81. The van der Waals surface area contributed by atoms with Crippen molar-refractivity contribution in [3.05, 3.63) is 24.2 Å². The van der Waals surface area contributed by atoms with Gasteiger partial charge in [-0.1, -0.05) is 19.8 Å². The first kappa shape index (κ1) is 12.8. The summed E-state index contributed by atoms with van der Waals surface area (Å²) in [6, 6.07) is 3.09. The Kier molecular flexibility index (Phi) is 5.05. The SMILES string of the molecule is CCCCC(N)C(=O)N[C@H](C)c1ccco1. The Hall–Kier alpha value is -1.29. The van der Waals surface area contributed by atoms with Crippen molar-refractivity contribution in [3.63, 3.8) is 0 Å². The Bertz CT molecular complexity index is 309. The van der Waals surface area contributed by atoms with Crippen LogP contribution in [0.2, 0.25) is 0 Å². The summed E-state index contributed by atoms with van der Waals surface area (Å²) in [6.45, 7) is 3.96. The molecule has 0 fully saturated rings. The van der Waals surface area contributed by atoms with Gasteiger partial charge < -0.3 is 15.5 Å². The fourth-order valence-electron chi connectivity index (χ4n) is 1.48. The van der Waals surface area contributed by atoms with E-state index in [2.05, 4.69) is 12.2 Å². The summed E-state index contributed by atoms with van der Waals surface area (Å²) in [7, 11) is 0. The van der Waals surface area contributed by atoms with E-state index in [1.54, 1.807) is 12.3 Å². The van der Waals surface area contributed by atoms with Crippen LogP contribution < -0.4 is 11.1 Å². The van der Waals surface area contributed by atoms with E-state index in [0.29, 0.717) is 0 Å².